The molecule has 0 saturated heterocycles. The molecular weight excluding hydrogens is 418 g/mol. The van der Waals surface area contributed by atoms with Gasteiger partial charge in [0.25, 0.3) is 5.56 Å². The zero-order chi connectivity index (χ0) is 22.1. The second-order valence-corrected chi connectivity index (χ2v) is 7.43. The molecule has 162 valence electrons. The van der Waals surface area contributed by atoms with E-state index in [0.29, 0.717) is 29.5 Å². The van der Waals surface area contributed by atoms with Crippen LogP contribution in [0.4, 0.5) is 0 Å². The molecule has 2 aromatic carbocycles. The maximum absolute atomic E-state index is 13.0. The van der Waals surface area contributed by atoms with Crippen LogP contribution in [0.3, 0.4) is 0 Å². The van der Waals surface area contributed by atoms with E-state index >= 15 is 0 Å². The summed E-state index contributed by atoms with van der Waals surface area (Å²) >= 11 is 5.36. The van der Waals surface area contributed by atoms with Gasteiger partial charge in [-0.05, 0) is 54.0 Å². The molecule has 2 heterocycles. The third-order valence-electron chi connectivity index (χ3n) is 5.43. The van der Waals surface area contributed by atoms with E-state index in [2.05, 4.69) is 10.3 Å². The fourth-order valence-corrected chi connectivity index (χ4v) is 4.25. The van der Waals surface area contributed by atoms with Gasteiger partial charge in [-0.25, -0.2) is 0 Å². The average molecular weight is 442 g/mol. The van der Waals surface area contributed by atoms with Crippen molar-refractivity contribution in [2.24, 2.45) is 0 Å². The quantitative estimate of drug-likeness (QED) is 0.524. The van der Waals surface area contributed by atoms with Gasteiger partial charge in [0.05, 0.1) is 38.6 Å². The molecule has 9 heteroatoms. The van der Waals surface area contributed by atoms with E-state index in [4.69, 9.17) is 26.4 Å². The van der Waals surface area contributed by atoms with Gasteiger partial charge in [-0.3, -0.25) is 14.3 Å². The first-order valence-corrected chi connectivity index (χ1v) is 10.1. The number of H-pyrrole nitrogens is 1. The average Bonchev–Trinajstić information content (AvgIpc) is 2.78. The summed E-state index contributed by atoms with van der Waals surface area (Å²) in [5.41, 5.74) is 2.05. The maximum Gasteiger partial charge on any atom is 0.260 e. The van der Waals surface area contributed by atoms with Crippen LogP contribution in [0.15, 0.2) is 41.2 Å². The van der Waals surface area contributed by atoms with Crippen LogP contribution in [0.25, 0.3) is 5.69 Å². The molecule has 0 bridgehead atoms. The molecule has 0 radical (unpaired) electrons. The van der Waals surface area contributed by atoms with Gasteiger partial charge in [0.15, 0.2) is 16.3 Å². The van der Waals surface area contributed by atoms with Crippen molar-refractivity contribution in [3.63, 3.8) is 0 Å². The van der Waals surface area contributed by atoms with Crippen LogP contribution < -0.4 is 25.1 Å². The SMILES string of the molecule is COc1cc2c(cc1OC)[C@H](c1c(O)n(-c3ccccc3OC)c(=S)[nH]c1=O)NCC2. The number of benzene rings is 2. The number of aromatic amines is 1. The van der Waals surface area contributed by atoms with E-state index in [9.17, 15) is 9.90 Å². The van der Waals surface area contributed by atoms with Crippen molar-refractivity contribution in [2.45, 2.75) is 12.5 Å². The molecule has 0 aliphatic carbocycles. The summed E-state index contributed by atoms with van der Waals surface area (Å²) in [5.74, 6) is 1.42. The number of hydrogen-bond acceptors (Lipinski definition) is 7. The molecule has 3 N–H and O–H groups in total. The van der Waals surface area contributed by atoms with E-state index < -0.39 is 11.6 Å². The van der Waals surface area contributed by atoms with E-state index in [1.54, 1.807) is 32.4 Å². The highest BCUT2D eigenvalue weighted by Gasteiger charge is 2.30. The molecular formula is C22H23N3O5S. The summed E-state index contributed by atoms with van der Waals surface area (Å²) in [4.78, 5) is 15.7. The molecule has 1 atom stereocenters. The highest BCUT2D eigenvalue weighted by Crippen LogP contribution is 2.39. The van der Waals surface area contributed by atoms with Crippen LogP contribution in [-0.4, -0.2) is 42.5 Å². The zero-order valence-electron chi connectivity index (χ0n) is 17.4. The Balaban J connectivity index is 1.95. The number of nitrogens with one attached hydrogen (secondary N) is 2. The summed E-state index contributed by atoms with van der Waals surface area (Å²) in [7, 11) is 4.67. The lowest BCUT2D eigenvalue weighted by molar-refractivity contribution is 0.352. The number of nitrogens with zero attached hydrogens (tertiary/aromatic N) is 1. The fraction of sp³-hybridized carbons (Fsp3) is 0.273. The first-order chi connectivity index (χ1) is 15.0. The highest BCUT2D eigenvalue weighted by atomic mass is 32.1. The molecule has 0 fully saturated rings. The molecule has 1 aliphatic rings. The fourth-order valence-electron chi connectivity index (χ4n) is 3.98. The van der Waals surface area contributed by atoms with Gasteiger partial charge in [0, 0.05) is 6.54 Å². The molecule has 0 saturated carbocycles. The van der Waals surface area contributed by atoms with Gasteiger partial charge in [-0.1, -0.05) is 12.1 Å². The van der Waals surface area contributed by atoms with Crippen molar-refractivity contribution in [2.75, 3.05) is 27.9 Å². The van der Waals surface area contributed by atoms with Crippen LogP contribution >= 0.6 is 12.2 Å². The topological polar surface area (TPSA) is 97.7 Å². The summed E-state index contributed by atoms with van der Waals surface area (Å²) in [5, 5.41) is 14.6. The van der Waals surface area contributed by atoms with Gasteiger partial charge in [-0.2, -0.15) is 0 Å². The van der Waals surface area contributed by atoms with Crippen LogP contribution in [0.5, 0.6) is 23.1 Å². The van der Waals surface area contributed by atoms with E-state index in [1.165, 1.54) is 11.7 Å². The minimum Gasteiger partial charge on any atom is -0.495 e. The summed E-state index contributed by atoms with van der Waals surface area (Å²) in [6, 6.07) is 10.3. The number of rotatable bonds is 5. The highest BCUT2D eigenvalue weighted by molar-refractivity contribution is 7.71. The summed E-state index contributed by atoms with van der Waals surface area (Å²) in [6.45, 7) is 0.621. The number of methoxy groups -OCH3 is 3. The lowest BCUT2D eigenvalue weighted by Crippen LogP contribution is -2.35. The maximum atomic E-state index is 13.0. The Hall–Kier alpha value is -3.30. The summed E-state index contributed by atoms with van der Waals surface area (Å²) < 4.78 is 17.8. The Labute approximate surface area is 184 Å². The second kappa shape index (κ2) is 8.44. The Kier molecular flexibility index (Phi) is 5.71. The Bertz CT molecular complexity index is 1250. The molecule has 0 spiro atoms. The van der Waals surface area contributed by atoms with Gasteiger partial charge < -0.3 is 24.6 Å². The Morgan fingerprint density at radius 1 is 1.06 bits per heavy atom. The molecule has 31 heavy (non-hydrogen) atoms. The van der Waals surface area contributed by atoms with Crippen LogP contribution in [-0.2, 0) is 6.42 Å². The van der Waals surface area contributed by atoms with Crippen molar-refractivity contribution in [1.82, 2.24) is 14.9 Å². The Morgan fingerprint density at radius 2 is 1.74 bits per heavy atom. The standard InChI is InChI=1S/C22H23N3O5S/c1-28-15-7-5-4-6-14(15)25-21(27)18(20(26)24-22(25)31)19-13-11-17(30-3)16(29-2)10-12(13)8-9-23-19/h4-7,10-11,19,23,27H,8-9H2,1-3H3,(H,24,26,31)/t19-/m1/s1. The van der Waals surface area contributed by atoms with E-state index in [-0.39, 0.29) is 16.2 Å². The second-order valence-electron chi connectivity index (χ2n) is 7.05. The zero-order valence-corrected chi connectivity index (χ0v) is 18.2. The molecule has 4 rings (SSSR count). The van der Waals surface area contributed by atoms with Gasteiger partial charge in [0.2, 0.25) is 5.88 Å². The molecule has 0 amide bonds. The largest absolute Gasteiger partial charge is 0.495 e. The smallest absolute Gasteiger partial charge is 0.260 e. The molecule has 0 unspecified atom stereocenters. The first kappa shape index (κ1) is 21.0. The Morgan fingerprint density at radius 3 is 2.45 bits per heavy atom. The van der Waals surface area contributed by atoms with E-state index in [1.807, 2.05) is 18.2 Å². The lowest BCUT2D eigenvalue weighted by atomic mass is 9.90. The monoisotopic (exact) mass is 441 g/mol. The number of ether oxygens (including phenoxy) is 3. The predicted octanol–water partition coefficient (Wildman–Crippen LogP) is 2.86. The number of fused-ring (bicyclic) bond motifs is 1. The van der Waals surface area contributed by atoms with Gasteiger partial charge in [0.1, 0.15) is 5.75 Å². The third-order valence-corrected chi connectivity index (χ3v) is 5.72. The third kappa shape index (κ3) is 3.55. The number of hydrogen-bond donors (Lipinski definition) is 3. The minimum atomic E-state index is -0.566. The number of para-hydroxylation sites is 2. The van der Waals surface area contributed by atoms with E-state index in [0.717, 1.165) is 17.5 Å². The predicted molar refractivity (Wildman–Crippen MR) is 119 cm³/mol. The normalized spacial score (nSPS) is 15.3. The molecule has 3 aromatic rings. The number of aromatic nitrogens is 2. The summed E-state index contributed by atoms with van der Waals surface area (Å²) in [6.07, 6.45) is 0.747. The van der Waals surface area contributed by atoms with Crippen molar-refractivity contribution >= 4 is 12.2 Å². The lowest BCUT2D eigenvalue weighted by Gasteiger charge is -2.29. The van der Waals surface area contributed by atoms with Crippen molar-refractivity contribution in [1.29, 1.82) is 0 Å². The van der Waals surface area contributed by atoms with Gasteiger partial charge >= 0.3 is 0 Å². The van der Waals surface area contributed by atoms with Crippen molar-refractivity contribution < 1.29 is 19.3 Å². The van der Waals surface area contributed by atoms with Gasteiger partial charge in [-0.15, -0.1) is 0 Å². The number of aromatic hydroxyl groups is 1. The van der Waals surface area contributed by atoms with Crippen molar-refractivity contribution in [3.8, 4) is 28.8 Å². The van der Waals surface area contributed by atoms with Crippen LogP contribution in [0.2, 0.25) is 0 Å². The molecule has 8 nitrogen and oxygen atoms in total. The van der Waals surface area contributed by atoms with Crippen molar-refractivity contribution in [3.05, 3.63) is 68.2 Å². The first-order valence-electron chi connectivity index (χ1n) is 9.69. The van der Waals surface area contributed by atoms with Crippen LogP contribution in [0.1, 0.15) is 22.7 Å². The minimum absolute atomic E-state index is 0.0686. The van der Waals surface area contributed by atoms with Crippen LogP contribution in [0, 0.1) is 4.77 Å². The molecule has 1 aromatic heterocycles. The molecule has 1 aliphatic heterocycles.